The van der Waals surface area contributed by atoms with Crippen molar-refractivity contribution in [3.05, 3.63) is 17.5 Å². The quantitative estimate of drug-likeness (QED) is 0.727. The number of carbonyl (C=O) groups is 1. The highest BCUT2D eigenvalue weighted by atomic mass is 35.5. The summed E-state index contributed by atoms with van der Waals surface area (Å²) >= 11 is 5.48. The van der Waals surface area contributed by atoms with Crippen LogP contribution in [0.15, 0.2) is 12.4 Å². The summed E-state index contributed by atoms with van der Waals surface area (Å²) in [5, 5.41) is 8.36. The number of sulfonamides is 1. The second kappa shape index (κ2) is 4.41. The van der Waals surface area contributed by atoms with Crippen molar-refractivity contribution in [1.29, 1.82) is 0 Å². The lowest BCUT2D eigenvalue weighted by atomic mass is 10.6. The summed E-state index contributed by atoms with van der Waals surface area (Å²) in [5.74, 6) is -2.56. The first kappa shape index (κ1) is 11.7. The first-order valence-electron chi connectivity index (χ1n) is 3.59. The summed E-state index contributed by atoms with van der Waals surface area (Å²) in [6.45, 7) is 0. The number of nitrogens with one attached hydrogen (secondary N) is 1. The average molecular weight is 252 g/mol. The number of anilines is 1. The van der Waals surface area contributed by atoms with Crippen LogP contribution in [0.1, 0.15) is 0 Å². The van der Waals surface area contributed by atoms with E-state index in [-0.39, 0.29) is 11.0 Å². The fourth-order valence-corrected chi connectivity index (χ4v) is 1.72. The zero-order valence-electron chi connectivity index (χ0n) is 7.21. The molecule has 1 heterocycles. The van der Waals surface area contributed by atoms with Gasteiger partial charge in [0.2, 0.25) is 10.0 Å². The summed E-state index contributed by atoms with van der Waals surface area (Å²) in [6.07, 6.45) is 1.06. The van der Waals surface area contributed by atoms with E-state index in [1.165, 1.54) is 6.07 Å². The Bertz CT molecular complexity index is 475. The fraction of sp³-hybridized carbons (Fsp3) is 0.167. The van der Waals surface area contributed by atoms with Crippen LogP contribution in [0, 0.1) is 0 Å². The minimum absolute atomic E-state index is 0.0537. The molecule has 0 fully saturated rings. The zero-order chi connectivity index (χ0) is 11.5. The molecule has 1 rings (SSSR count). The Morgan fingerprint density at radius 2 is 2.20 bits per heavy atom. The zero-order valence-corrected chi connectivity index (χ0v) is 8.79. The molecular weight excluding hydrogens is 246 g/mol. The number of aromatic nitrogens is 2. The topological polar surface area (TPSA) is 109 Å². The third kappa shape index (κ3) is 4.09. The van der Waals surface area contributed by atoms with Gasteiger partial charge in [0.15, 0.2) is 5.75 Å². The average Bonchev–Trinajstić information content (AvgIpc) is 1.99. The number of nitrogens with zero attached hydrogens (tertiary/aromatic N) is 2. The summed E-state index contributed by atoms with van der Waals surface area (Å²) in [4.78, 5) is 17.3. The van der Waals surface area contributed by atoms with Gasteiger partial charge in [0.1, 0.15) is 17.3 Å². The Balaban J connectivity index is 2.82. The Morgan fingerprint density at radius 3 is 2.73 bits per heavy atom. The van der Waals surface area contributed by atoms with Crippen LogP contribution in [0.5, 0.6) is 0 Å². The maximum Gasteiger partial charge on any atom is 0.320 e. The molecule has 15 heavy (non-hydrogen) atoms. The molecule has 0 spiro atoms. The van der Waals surface area contributed by atoms with Gasteiger partial charge in [-0.2, -0.15) is 0 Å². The maximum absolute atomic E-state index is 11.1. The van der Waals surface area contributed by atoms with Crippen molar-refractivity contribution in [3.8, 4) is 0 Å². The third-order valence-corrected chi connectivity index (χ3v) is 2.56. The first-order valence-corrected chi connectivity index (χ1v) is 5.62. The van der Waals surface area contributed by atoms with Gasteiger partial charge in [0.25, 0.3) is 0 Å². The van der Waals surface area contributed by atoms with Crippen LogP contribution in [-0.2, 0) is 14.8 Å². The van der Waals surface area contributed by atoms with Crippen molar-refractivity contribution in [3.63, 3.8) is 0 Å². The summed E-state index contributed by atoms with van der Waals surface area (Å²) in [6, 6.07) is 1.17. The third-order valence-electron chi connectivity index (χ3n) is 1.21. The maximum atomic E-state index is 11.1. The van der Waals surface area contributed by atoms with Crippen LogP contribution in [0.4, 0.5) is 5.82 Å². The molecule has 0 saturated carbocycles. The van der Waals surface area contributed by atoms with Crippen LogP contribution in [0.3, 0.4) is 0 Å². The number of carboxylic acids is 1. The van der Waals surface area contributed by atoms with Crippen molar-refractivity contribution >= 4 is 33.4 Å². The van der Waals surface area contributed by atoms with Gasteiger partial charge in [-0.05, 0) is 0 Å². The van der Waals surface area contributed by atoms with E-state index >= 15 is 0 Å². The largest absolute Gasteiger partial charge is 0.480 e. The van der Waals surface area contributed by atoms with Gasteiger partial charge in [-0.3, -0.25) is 9.52 Å². The highest BCUT2D eigenvalue weighted by molar-refractivity contribution is 7.93. The molecule has 0 unspecified atom stereocenters. The van der Waals surface area contributed by atoms with Crippen LogP contribution in [0.25, 0.3) is 0 Å². The molecule has 0 bridgehead atoms. The van der Waals surface area contributed by atoms with Crippen molar-refractivity contribution < 1.29 is 18.3 Å². The summed E-state index contributed by atoms with van der Waals surface area (Å²) < 4.78 is 24.2. The van der Waals surface area contributed by atoms with Gasteiger partial charge in [-0.15, -0.1) is 0 Å². The molecule has 82 valence electrons. The molecule has 0 atom stereocenters. The van der Waals surface area contributed by atoms with Gasteiger partial charge in [-0.25, -0.2) is 18.4 Å². The predicted molar refractivity (Wildman–Crippen MR) is 52.1 cm³/mol. The molecule has 0 saturated heterocycles. The minimum atomic E-state index is -3.95. The molecule has 0 amide bonds. The highest BCUT2D eigenvalue weighted by Gasteiger charge is 2.16. The minimum Gasteiger partial charge on any atom is -0.480 e. The van der Waals surface area contributed by atoms with E-state index in [1.54, 1.807) is 0 Å². The van der Waals surface area contributed by atoms with E-state index in [2.05, 4.69) is 9.97 Å². The van der Waals surface area contributed by atoms with Gasteiger partial charge in [-0.1, -0.05) is 11.6 Å². The lowest BCUT2D eigenvalue weighted by molar-refractivity contribution is -0.134. The standard InChI is InChI=1S/C6H6ClN3O4S/c7-4-1-5(9-3-8-4)10-15(13,14)2-6(11)12/h1,3H,2H2,(H,11,12)(H,8,9,10). The molecule has 0 aliphatic heterocycles. The predicted octanol–water partition coefficient (Wildman–Crippen LogP) is -0.0437. The van der Waals surface area contributed by atoms with Crippen molar-refractivity contribution in [2.75, 3.05) is 10.5 Å². The number of halogens is 1. The van der Waals surface area contributed by atoms with Crippen LogP contribution >= 0.6 is 11.6 Å². The number of carboxylic acid groups (broad SMARTS) is 1. The molecule has 0 aliphatic rings. The van der Waals surface area contributed by atoms with E-state index in [0.717, 1.165) is 6.33 Å². The van der Waals surface area contributed by atoms with Gasteiger partial charge in [0.05, 0.1) is 0 Å². The van der Waals surface area contributed by atoms with E-state index in [9.17, 15) is 13.2 Å². The van der Waals surface area contributed by atoms with Crippen LogP contribution < -0.4 is 4.72 Å². The summed E-state index contributed by atoms with van der Waals surface area (Å²) in [5.41, 5.74) is 0. The highest BCUT2D eigenvalue weighted by Crippen LogP contribution is 2.10. The van der Waals surface area contributed by atoms with Crippen molar-refractivity contribution in [2.45, 2.75) is 0 Å². The number of aliphatic carboxylic acids is 1. The first-order chi connectivity index (χ1) is 6.89. The molecule has 9 heteroatoms. The number of hydrogen-bond acceptors (Lipinski definition) is 5. The van der Waals surface area contributed by atoms with Gasteiger partial charge < -0.3 is 5.11 Å². The van der Waals surface area contributed by atoms with Crippen LogP contribution in [-0.4, -0.2) is 35.2 Å². The number of hydrogen-bond donors (Lipinski definition) is 2. The lowest BCUT2D eigenvalue weighted by Gasteiger charge is -2.04. The van der Waals surface area contributed by atoms with E-state index in [0.29, 0.717) is 0 Å². The van der Waals surface area contributed by atoms with E-state index < -0.39 is 21.7 Å². The second-order valence-electron chi connectivity index (χ2n) is 2.48. The van der Waals surface area contributed by atoms with Gasteiger partial charge in [0, 0.05) is 6.07 Å². The Morgan fingerprint density at radius 1 is 1.53 bits per heavy atom. The molecule has 7 nitrogen and oxygen atoms in total. The fourth-order valence-electron chi connectivity index (χ4n) is 0.747. The monoisotopic (exact) mass is 251 g/mol. The normalized spacial score (nSPS) is 11.0. The Hall–Kier alpha value is -1.41. The molecule has 0 radical (unpaired) electrons. The van der Waals surface area contributed by atoms with E-state index in [4.69, 9.17) is 16.7 Å². The van der Waals surface area contributed by atoms with Crippen molar-refractivity contribution in [1.82, 2.24) is 9.97 Å². The van der Waals surface area contributed by atoms with Crippen LogP contribution in [0.2, 0.25) is 5.15 Å². The molecule has 2 N–H and O–H groups in total. The van der Waals surface area contributed by atoms with Gasteiger partial charge >= 0.3 is 5.97 Å². The second-order valence-corrected chi connectivity index (χ2v) is 4.59. The summed E-state index contributed by atoms with van der Waals surface area (Å²) in [7, 11) is -3.95. The van der Waals surface area contributed by atoms with E-state index in [1.807, 2.05) is 4.72 Å². The molecule has 1 aromatic heterocycles. The molecule has 0 aliphatic carbocycles. The lowest BCUT2D eigenvalue weighted by Crippen LogP contribution is -2.22. The molecular formula is C6H6ClN3O4S. The Labute approximate surface area is 90.2 Å². The van der Waals surface area contributed by atoms with Crippen molar-refractivity contribution in [2.24, 2.45) is 0 Å². The molecule has 1 aromatic rings. The SMILES string of the molecule is O=C(O)CS(=O)(=O)Nc1cc(Cl)ncn1. The number of rotatable bonds is 4. The smallest absolute Gasteiger partial charge is 0.320 e. The molecule has 0 aromatic carbocycles. The Kier molecular flexibility index (Phi) is 3.43.